The number of hydrogen-bond donors (Lipinski definition) is 0. The van der Waals surface area contributed by atoms with Gasteiger partial charge in [-0.1, -0.05) is 53.5 Å². The molecule has 2 aromatic heterocycles. The van der Waals surface area contributed by atoms with Gasteiger partial charge < -0.3 is 4.90 Å². The number of halogens is 2. The van der Waals surface area contributed by atoms with E-state index >= 15 is 0 Å². The summed E-state index contributed by atoms with van der Waals surface area (Å²) in [5.41, 5.74) is 3.07. The molecule has 1 fully saturated rings. The van der Waals surface area contributed by atoms with Crippen molar-refractivity contribution in [2.24, 2.45) is 0 Å². The van der Waals surface area contributed by atoms with Crippen molar-refractivity contribution in [1.82, 2.24) is 14.2 Å². The number of rotatable bonds is 10. The Balaban J connectivity index is 1.13. The maximum atomic E-state index is 13.5. The van der Waals surface area contributed by atoms with Crippen molar-refractivity contribution in [3.8, 4) is 10.6 Å². The van der Waals surface area contributed by atoms with Crippen LogP contribution in [0.2, 0.25) is 10.0 Å². The second-order valence-electron chi connectivity index (χ2n) is 11.8. The smallest absolute Gasteiger partial charge is 0.218 e. The Hall–Kier alpha value is -2.11. The van der Waals surface area contributed by atoms with Gasteiger partial charge in [0.25, 0.3) is 0 Å². The lowest BCUT2D eigenvalue weighted by Gasteiger charge is -2.40. The van der Waals surface area contributed by atoms with E-state index in [9.17, 15) is 12.6 Å². The fourth-order valence-corrected chi connectivity index (χ4v) is 11.1. The maximum Gasteiger partial charge on any atom is 0.218 e. The monoisotopic (exact) mass is 687 g/mol. The molecule has 1 unspecified atom stereocenters. The number of aromatic nitrogens is 1. The predicted molar refractivity (Wildman–Crippen MR) is 182 cm³/mol. The topological polar surface area (TPSA) is 70.6 Å². The molecule has 0 amide bonds. The first-order valence-electron chi connectivity index (χ1n) is 14.7. The quantitative estimate of drug-likeness (QED) is 0.176. The molecule has 4 aromatic rings. The van der Waals surface area contributed by atoms with Gasteiger partial charge in [0.1, 0.15) is 0 Å². The van der Waals surface area contributed by atoms with E-state index in [1.54, 1.807) is 19.3 Å². The van der Waals surface area contributed by atoms with Crippen molar-refractivity contribution in [2.45, 2.75) is 41.2 Å². The first kappa shape index (κ1) is 31.9. The van der Waals surface area contributed by atoms with Crippen LogP contribution in [-0.4, -0.2) is 65.8 Å². The van der Waals surface area contributed by atoms with E-state index < -0.39 is 20.8 Å². The molecule has 0 N–H and O–H groups in total. The summed E-state index contributed by atoms with van der Waals surface area (Å²) in [6.45, 7) is 3.01. The van der Waals surface area contributed by atoms with Crippen LogP contribution in [0.25, 0.3) is 10.6 Å². The highest BCUT2D eigenvalue weighted by Gasteiger charge is 2.44. The molecule has 2 aliphatic heterocycles. The van der Waals surface area contributed by atoms with Crippen LogP contribution < -0.4 is 0 Å². The van der Waals surface area contributed by atoms with Gasteiger partial charge in [-0.3, -0.25) is 9.19 Å². The Bertz CT molecular complexity index is 1760. The van der Waals surface area contributed by atoms with E-state index in [-0.39, 0.29) is 17.1 Å². The van der Waals surface area contributed by atoms with Gasteiger partial charge in [0.05, 0.1) is 37.2 Å². The summed E-state index contributed by atoms with van der Waals surface area (Å²) in [6.07, 6.45) is 4.46. The molecule has 2 atom stereocenters. The fraction of sp³-hybridized carbons (Fsp3) is 0.364. The predicted octanol–water partition coefficient (Wildman–Crippen LogP) is 7.21. The van der Waals surface area contributed by atoms with Crippen molar-refractivity contribution < 1.29 is 12.6 Å². The largest absolute Gasteiger partial charge is 0.303 e. The molecular weight excluding hydrogens is 653 g/mol. The Morgan fingerprint density at radius 1 is 1.02 bits per heavy atom. The third-order valence-electron chi connectivity index (χ3n) is 8.99. The number of pyridine rings is 1. The Labute approximate surface area is 276 Å². The normalized spacial score (nSPS) is 19.0. The third kappa shape index (κ3) is 6.84. The summed E-state index contributed by atoms with van der Waals surface area (Å²) in [5.74, 6) is 0.585. The second kappa shape index (κ2) is 13.3. The molecule has 0 bridgehead atoms. The maximum absolute atomic E-state index is 13.5. The number of likely N-dealkylation sites (tertiary alicyclic amines) is 1. The van der Waals surface area contributed by atoms with Gasteiger partial charge in [0, 0.05) is 40.7 Å². The van der Waals surface area contributed by atoms with Crippen molar-refractivity contribution in [1.29, 1.82) is 0 Å². The van der Waals surface area contributed by atoms with E-state index in [0.29, 0.717) is 22.3 Å². The highest BCUT2D eigenvalue weighted by molar-refractivity contribution is 7.88. The van der Waals surface area contributed by atoms with Gasteiger partial charge in [-0.05, 0) is 98.4 Å². The lowest BCUT2D eigenvalue weighted by atomic mass is 9.74. The van der Waals surface area contributed by atoms with Crippen molar-refractivity contribution in [3.05, 3.63) is 105 Å². The van der Waals surface area contributed by atoms with Gasteiger partial charge in [-0.15, -0.1) is 11.3 Å². The average Bonchev–Trinajstić information content (AvgIpc) is 3.60. The molecule has 1 saturated heterocycles. The minimum Gasteiger partial charge on any atom is -0.303 e. The van der Waals surface area contributed by atoms with Crippen LogP contribution in [0, 0.1) is 0 Å². The number of hydrogen-bond acceptors (Lipinski definition) is 6. The van der Waals surface area contributed by atoms with E-state index in [4.69, 9.17) is 23.2 Å². The molecule has 0 aliphatic carbocycles. The van der Waals surface area contributed by atoms with Gasteiger partial charge in [0.15, 0.2) is 0 Å². The zero-order chi connectivity index (χ0) is 30.9. The molecule has 232 valence electrons. The SMILES string of the molecule is CN(C[C@@H](CCN1CCC2(CC1)CS(=O)c1ccccc12)c1ccc(Cl)c(Cl)c1)S(=O)(=O)Cc1ccc(-c2ccccn2)s1. The molecule has 6 nitrogen and oxygen atoms in total. The number of fused-ring (bicyclic) bond motifs is 2. The number of likely N-dealkylation sites (N-methyl/N-ethyl adjacent to an activating group) is 1. The first-order chi connectivity index (χ1) is 21.1. The lowest BCUT2D eigenvalue weighted by Crippen LogP contribution is -2.44. The number of sulfonamides is 1. The zero-order valence-electron chi connectivity index (χ0n) is 24.5. The second-order valence-corrected chi connectivity index (χ2v) is 17.3. The summed E-state index contributed by atoms with van der Waals surface area (Å²) in [6, 6.07) is 23.3. The number of nitrogens with zero attached hydrogens (tertiary/aromatic N) is 3. The lowest BCUT2D eigenvalue weighted by molar-refractivity contribution is 0.165. The molecule has 2 aliphatic rings. The summed E-state index contributed by atoms with van der Waals surface area (Å²) in [5, 5.41) is 0.945. The van der Waals surface area contributed by atoms with Crippen LogP contribution in [0.4, 0.5) is 0 Å². The molecule has 6 rings (SSSR count). The molecule has 4 heterocycles. The molecule has 44 heavy (non-hydrogen) atoms. The van der Waals surface area contributed by atoms with E-state index in [2.05, 4.69) is 22.0 Å². The van der Waals surface area contributed by atoms with Crippen LogP contribution in [-0.2, 0) is 32.0 Å². The fourth-order valence-electron chi connectivity index (χ4n) is 6.41. The molecule has 0 radical (unpaired) electrons. The van der Waals surface area contributed by atoms with Crippen LogP contribution in [0.1, 0.15) is 41.2 Å². The van der Waals surface area contributed by atoms with Gasteiger partial charge in [-0.2, -0.15) is 0 Å². The van der Waals surface area contributed by atoms with Gasteiger partial charge in [-0.25, -0.2) is 12.7 Å². The standard InChI is InChI=1S/C33H35Cl2N3O3S3/c1-37(44(40,41)22-26-10-12-31(42-26)30-7-4-5-16-36-30)21-25(24-9-11-28(34)29(35)20-24)13-17-38-18-14-33(15-19-38)23-43(39)32-8-3-2-6-27(32)33/h2-12,16,20,25H,13-15,17-19,21-23H2,1H3/t25-,43?/m1/s1. The number of piperidine rings is 1. The summed E-state index contributed by atoms with van der Waals surface area (Å²) in [7, 11) is -2.84. The van der Waals surface area contributed by atoms with Crippen LogP contribution in [0.5, 0.6) is 0 Å². The molecule has 0 saturated carbocycles. The van der Waals surface area contributed by atoms with Gasteiger partial charge in [0.2, 0.25) is 10.0 Å². The Morgan fingerprint density at radius 2 is 1.80 bits per heavy atom. The highest BCUT2D eigenvalue weighted by Crippen LogP contribution is 2.45. The third-order valence-corrected chi connectivity index (χ3v) is 14.5. The minimum absolute atomic E-state index is 0.00636. The van der Waals surface area contributed by atoms with Crippen LogP contribution >= 0.6 is 34.5 Å². The average molecular weight is 689 g/mol. The van der Waals surface area contributed by atoms with Crippen molar-refractivity contribution in [2.75, 3.05) is 39.0 Å². The zero-order valence-corrected chi connectivity index (χ0v) is 28.5. The van der Waals surface area contributed by atoms with Crippen LogP contribution in [0.3, 0.4) is 0 Å². The molecule has 11 heteroatoms. The van der Waals surface area contributed by atoms with E-state index in [1.807, 2.05) is 54.6 Å². The molecule has 1 spiro atoms. The first-order valence-corrected chi connectivity index (χ1v) is 19.2. The Morgan fingerprint density at radius 3 is 2.55 bits per heavy atom. The summed E-state index contributed by atoms with van der Waals surface area (Å²) < 4.78 is 41.4. The van der Waals surface area contributed by atoms with E-state index in [0.717, 1.165) is 64.8 Å². The van der Waals surface area contributed by atoms with Gasteiger partial charge >= 0.3 is 0 Å². The van der Waals surface area contributed by atoms with Crippen molar-refractivity contribution >= 4 is 55.4 Å². The van der Waals surface area contributed by atoms with Crippen LogP contribution in [0.15, 0.2) is 83.9 Å². The summed E-state index contributed by atoms with van der Waals surface area (Å²) >= 11 is 14.1. The Kier molecular flexibility index (Phi) is 9.64. The molecular formula is C33H35Cl2N3O3S3. The van der Waals surface area contributed by atoms with Crippen molar-refractivity contribution in [3.63, 3.8) is 0 Å². The minimum atomic E-state index is -3.57. The van der Waals surface area contributed by atoms with E-state index in [1.165, 1.54) is 21.2 Å². The number of thiophene rings is 1. The summed E-state index contributed by atoms with van der Waals surface area (Å²) in [4.78, 5) is 9.57. The highest BCUT2D eigenvalue weighted by atomic mass is 35.5. The molecule has 2 aromatic carbocycles. The number of benzene rings is 2.